The van der Waals surface area contributed by atoms with Crippen molar-refractivity contribution in [1.82, 2.24) is 0 Å². The fourth-order valence-corrected chi connectivity index (χ4v) is 2.63. The maximum absolute atomic E-state index is 11.9. The zero-order valence-corrected chi connectivity index (χ0v) is 10.7. The molecule has 0 saturated carbocycles. The SMILES string of the molecule is Cc1cc(Cl)cc2c1NC(=O)C(CCCN)C2. The van der Waals surface area contributed by atoms with Crippen molar-refractivity contribution >= 4 is 23.2 Å². The van der Waals surface area contributed by atoms with Gasteiger partial charge in [-0.25, -0.2) is 0 Å². The Balaban J connectivity index is 2.24. The molecule has 0 radical (unpaired) electrons. The number of nitrogens with two attached hydrogens (primary N) is 1. The number of aryl methyl sites for hydroxylation is 1. The number of fused-ring (bicyclic) bond motifs is 1. The molecule has 0 fully saturated rings. The van der Waals surface area contributed by atoms with Gasteiger partial charge in [-0.3, -0.25) is 4.79 Å². The minimum absolute atomic E-state index is 0.0314. The van der Waals surface area contributed by atoms with Crippen molar-refractivity contribution < 1.29 is 4.79 Å². The van der Waals surface area contributed by atoms with Gasteiger partial charge in [0.25, 0.3) is 0 Å². The van der Waals surface area contributed by atoms with E-state index in [1.165, 1.54) is 0 Å². The highest BCUT2D eigenvalue weighted by Crippen LogP contribution is 2.32. The van der Waals surface area contributed by atoms with E-state index in [0.717, 1.165) is 41.1 Å². The molecular formula is C13H17ClN2O. The standard InChI is InChI=1S/C13H17ClN2O/c1-8-5-11(14)7-10-6-9(3-2-4-15)13(17)16-12(8)10/h5,7,9H,2-4,6,15H2,1H3,(H,16,17). The largest absolute Gasteiger partial charge is 0.330 e. The van der Waals surface area contributed by atoms with E-state index in [4.69, 9.17) is 17.3 Å². The van der Waals surface area contributed by atoms with Crippen LogP contribution < -0.4 is 11.1 Å². The predicted molar refractivity (Wildman–Crippen MR) is 70.3 cm³/mol. The second-order valence-corrected chi connectivity index (χ2v) is 5.01. The van der Waals surface area contributed by atoms with Crippen LogP contribution in [0, 0.1) is 12.8 Å². The van der Waals surface area contributed by atoms with Crippen LogP contribution in [0.3, 0.4) is 0 Å². The Morgan fingerprint density at radius 3 is 3.00 bits per heavy atom. The monoisotopic (exact) mass is 252 g/mol. The molecule has 0 aromatic heterocycles. The summed E-state index contributed by atoms with van der Waals surface area (Å²) < 4.78 is 0. The first-order chi connectivity index (χ1) is 8.11. The van der Waals surface area contributed by atoms with Crippen LogP contribution in [0.5, 0.6) is 0 Å². The zero-order valence-electron chi connectivity index (χ0n) is 9.92. The van der Waals surface area contributed by atoms with Crippen molar-refractivity contribution in [2.24, 2.45) is 11.7 Å². The highest BCUT2D eigenvalue weighted by Gasteiger charge is 2.26. The van der Waals surface area contributed by atoms with Gasteiger partial charge < -0.3 is 11.1 Å². The molecule has 0 spiro atoms. The number of nitrogens with one attached hydrogen (secondary N) is 1. The highest BCUT2D eigenvalue weighted by atomic mass is 35.5. The Morgan fingerprint density at radius 2 is 2.29 bits per heavy atom. The molecule has 1 amide bonds. The third-order valence-electron chi connectivity index (χ3n) is 3.22. The lowest BCUT2D eigenvalue weighted by molar-refractivity contribution is -0.120. The van der Waals surface area contributed by atoms with Crippen molar-refractivity contribution in [2.45, 2.75) is 26.2 Å². The second kappa shape index (κ2) is 5.07. The molecular weight excluding hydrogens is 236 g/mol. The minimum Gasteiger partial charge on any atom is -0.330 e. The summed E-state index contributed by atoms with van der Waals surface area (Å²) >= 11 is 6.04. The maximum atomic E-state index is 11.9. The van der Waals surface area contributed by atoms with Crippen LogP contribution in [0.2, 0.25) is 5.02 Å². The van der Waals surface area contributed by atoms with E-state index in [2.05, 4.69) is 5.32 Å². The molecule has 1 unspecified atom stereocenters. The zero-order chi connectivity index (χ0) is 12.4. The van der Waals surface area contributed by atoms with E-state index in [0.29, 0.717) is 6.54 Å². The average molecular weight is 253 g/mol. The van der Waals surface area contributed by atoms with Gasteiger partial charge in [0.1, 0.15) is 0 Å². The van der Waals surface area contributed by atoms with E-state index in [1.54, 1.807) is 0 Å². The van der Waals surface area contributed by atoms with Crippen LogP contribution in [0.1, 0.15) is 24.0 Å². The smallest absolute Gasteiger partial charge is 0.227 e. The number of amides is 1. The summed E-state index contributed by atoms with van der Waals surface area (Å²) in [5.74, 6) is 0.139. The van der Waals surface area contributed by atoms with E-state index in [-0.39, 0.29) is 11.8 Å². The molecule has 1 aliphatic rings. The van der Waals surface area contributed by atoms with Crippen LogP contribution >= 0.6 is 11.6 Å². The van der Waals surface area contributed by atoms with Crippen molar-refractivity contribution in [3.63, 3.8) is 0 Å². The summed E-state index contributed by atoms with van der Waals surface area (Å²) in [5.41, 5.74) is 8.58. The first kappa shape index (κ1) is 12.4. The molecule has 1 aromatic rings. The van der Waals surface area contributed by atoms with Gasteiger partial charge >= 0.3 is 0 Å². The van der Waals surface area contributed by atoms with Gasteiger partial charge in [-0.2, -0.15) is 0 Å². The molecule has 0 saturated heterocycles. The first-order valence-corrected chi connectivity index (χ1v) is 6.29. The number of anilines is 1. The number of hydrogen-bond donors (Lipinski definition) is 2. The molecule has 17 heavy (non-hydrogen) atoms. The second-order valence-electron chi connectivity index (χ2n) is 4.58. The summed E-state index contributed by atoms with van der Waals surface area (Å²) in [6.45, 7) is 2.59. The van der Waals surface area contributed by atoms with Crippen molar-refractivity contribution in [3.8, 4) is 0 Å². The summed E-state index contributed by atoms with van der Waals surface area (Å²) in [5, 5.41) is 3.71. The quantitative estimate of drug-likeness (QED) is 0.869. The lowest BCUT2D eigenvalue weighted by atomic mass is 9.88. The molecule has 3 nitrogen and oxygen atoms in total. The molecule has 0 aliphatic carbocycles. The predicted octanol–water partition coefficient (Wildman–Crippen LogP) is 2.50. The lowest BCUT2D eigenvalue weighted by Gasteiger charge is -2.26. The first-order valence-electron chi connectivity index (χ1n) is 5.91. The number of carbonyl (C=O) groups excluding carboxylic acids is 1. The van der Waals surface area contributed by atoms with Crippen molar-refractivity contribution in [3.05, 3.63) is 28.3 Å². The average Bonchev–Trinajstić information content (AvgIpc) is 2.27. The van der Waals surface area contributed by atoms with Crippen LogP contribution in [0.25, 0.3) is 0 Å². The van der Waals surface area contributed by atoms with Crippen molar-refractivity contribution in [2.75, 3.05) is 11.9 Å². The summed E-state index contributed by atoms with van der Waals surface area (Å²) in [4.78, 5) is 11.9. The number of rotatable bonds is 3. The molecule has 1 aromatic carbocycles. The fourth-order valence-electron chi connectivity index (χ4n) is 2.33. The number of halogens is 1. The van der Waals surface area contributed by atoms with Crippen molar-refractivity contribution in [1.29, 1.82) is 0 Å². The molecule has 4 heteroatoms. The number of benzene rings is 1. The topological polar surface area (TPSA) is 55.1 Å². The van der Waals surface area contributed by atoms with Gasteiger partial charge in [-0.05, 0) is 56.0 Å². The molecule has 1 aliphatic heterocycles. The summed E-state index contributed by atoms with van der Waals surface area (Å²) in [7, 11) is 0. The molecule has 2 rings (SSSR count). The lowest BCUT2D eigenvalue weighted by Crippen LogP contribution is -2.30. The third-order valence-corrected chi connectivity index (χ3v) is 3.44. The van der Waals surface area contributed by atoms with Gasteiger partial charge in [-0.1, -0.05) is 11.6 Å². The maximum Gasteiger partial charge on any atom is 0.227 e. The number of carbonyl (C=O) groups is 1. The Kier molecular flexibility index (Phi) is 3.69. The van der Waals surface area contributed by atoms with E-state index < -0.39 is 0 Å². The third kappa shape index (κ3) is 2.61. The highest BCUT2D eigenvalue weighted by molar-refractivity contribution is 6.30. The fraction of sp³-hybridized carbons (Fsp3) is 0.462. The van der Waals surface area contributed by atoms with E-state index in [1.807, 2.05) is 19.1 Å². The van der Waals surface area contributed by atoms with Crippen LogP contribution in [0.15, 0.2) is 12.1 Å². The molecule has 3 N–H and O–H groups in total. The number of hydrogen-bond acceptors (Lipinski definition) is 2. The van der Waals surface area contributed by atoms with E-state index >= 15 is 0 Å². The van der Waals surface area contributed by atoms with Gasteiger partial charge in [-0.15, -0.1) is 0 Å². The van der Waals surface area contributed by atoms with Crippen LogP contribution in [-0.4, -0.2) is 12.5 Å². The van der Waals surface area contributed by atoms with Gasteiger partial charge in [0.15, 0.2) is 0 Å². The van der Waals surface area contributed by atoms with Crippen LogP contribution in [-0.2, 0) is 11.2 Å². The Bertz CT molecular complexity index is 445. The summed E-state index contributed by atoms with van der Waals surface area (Å²) in [6, 6.07) is 3.82. The molecule has 1 heterocycles. The Labute approximate surface area is 106 Å². The minimum atomic E-state index is 0.0314. The van der Waals surface area contributed by atoms with Gasteiger partial charge in [0, 0.05) is 16.6 Å². The van der Waals surface area contributed by atoms with Gasteiger partial charge in [0.2, 0.25) is 5.91 Å². The Morgan fingerprint density at radius 1 is 1.53 bits per heavy atom. The Hall–Kier alpha value is -1.06. The van der Waals surface area contributed by atoms with Crippen LogP contribution in [0.4, 0.5) is 5.69 Å². The molecule has 0 bridgehead atoms. The normalized spacial score (nSPS) is 18.8. The summed E-state index contributed by atoms with van der Waals surface area (Å²) in [6.07, 6.45) is 2.49. The molecule has 92 valence electrons. The van der Waals surface area contributed by atoms with Gasteiger partial charge in [0.05, 0.1) is 0 Å². The van der Waals surface area contributed by atoms with E-state index in [9.17, 15) is 4.79 Å². The molecule has 1 atom stereocenters.